The smallest absolute Gasteiger partial charge is 0.270 e. The second-order valence-corrected chi connectivity index (χ2v) is 9.90. The van der Waals surface area contributed by atoms with Crippen LogP contribution in [0.15, 0.2) is 42.0 Å². The summed E-state index contributed by atoms with van der Waals surface area (Å²) in [5, 5.41) is 2.78. The van der Waals surface area contributed by atoms with Crippen molar-refractivity contribution >= 4 is 52.2 Å². The van der Waals surface area contributed by atoms with E-state index in [1.807, 2.05) is 39.0 Å². The van der Waals surface area contributed by atoms with Crippen molar-refractivity contribution in [2.24, 2.45) is 0 Å². The van der Waals surface area contributed by atoms with Crippen LogP contribution in [0.3, 0.4) is 0 Å². The molecule has 4 rings (SSSR count). The molecule has 33 heavy (non-hydrogen) atoms. The minimum atomic E-state index is -0.478. The first-order chi connectivity index (χ1) is 15.4. The summed E-state index contributed by atoms with van der Waals surface area (Å²) in [6.45, 7) is 12.4. The van der Waals surface area contributed by atoms with Crippen molar-refractivity contribution in [1.82, 2.24) is 5.32 Å². The minimum Gasteiger partial charge on any atom is -0.365 e. The number of carbonyl (C=O) groups is 2. The number of anilines is 2. The molecule has 2 amide bonds. The van der Waals surface area contributed by atoms with Crippen LogP contribution in [0, 0.1) is 20.8 Å². The van der Waals surface area contributed by atoms with Gasteiger partial charge in [0.05, 0.1) is 11.2 Å². The molecule has 0 aromatic heterocycles. The Bertz CT molecular complexity index is 1290. The van der Waals surface area contributed by atoms with E-state index < -0.39 is 11.8 Å². The Labute approximate surface area is 200 Å². The van der Waals surface area contributed by atoms with Crippen molar-refractivity contribution in [2.45, 2.75) is 47.1 Å². The third kappa shape index (κ3) is 3.89. The molecule has 0 spiro atoms. The number of fused-ring (bicyclic) bond motifs is 1. The number of hydrogen-bond acceptors (Lipinski definition) is 4. The highest BCUT2D eigenvalue weighted by Gasteiger charge is 2.35. The molecule has 0 unspecified atom stereocenters. The monoisotopic (exact) mass is 459 g/mol. The first-order valence-electron chi connectivity index (χ1n) is 11.0. The van der Waals surface area contributed by atoms with Gasteiger partial charge in [-0.05, 0) is 100 Å². The highest BCUT2D eigenvalue weighted by molar-refractivity contribution is 7.80. The lowest BCUT2D eigenvalue weighted by Crippen LogP contribution is -2.54. The van der Waals surface area contributed by atoms with Gasteiger partial charge < -0.3 is 4.90 Å². The van der Waals surface area contributed by atoms with E-state index in [1.54, 1.807) is 6.08 Å². The van der Waals surface area contributed by atoms with Crippen molar-refractivity contribution in [3.05, 3.63) is 69.8 Å². The van der Waals surface area contributed by atoms with Crippen LogP contribution in [0.5, 0.6) is 0 Å². The molecule has 0 bridgehead atoms. The maximum absolute atomic E-state index is 13.5. The second-order valence-electron chi connectivity index (χ2n) is 9.51. The molecule has 0 atom stereocenters. The summed E-state index contributed by atoms with van der Waals surface area (Å²) in [7, 11) is 2.08. The number of nitrogens with one attached hydrogen (secondary N) is 1. The van der Waals surface area contributed by atoms with Crippen LogP contribution in [0.2, 0.25) is 0 Å². The molecule has 0 aliphatic carbocycles. The van der Waals surface area contributed by atoms with Gasteiger partial charge in [0, 0.05) is 18.3 Å². The highest BCUT2D eigenvalue weighted by Crippen LogP contribution is 2.39. The molecule has 2 aromatic carbocycles. The molecule has 5 nitrogen and oxygen atoms in total. The number of likely N-dealkylation sites (N-methyl/N-ethyl adjacent to an activating group) is 1. The van der Waals surface area contributed by atoms with Crippen molar-refractivity contribution in [3.63, 3.8) is 0 Å². The summed E-state index contributed by atoms with van der Waals surface area (Å²) < 4.78 is 0. The minimum absolute atomic E-state index is 0.0674. The number of nitrogens with zero attached hydrogens (tertiary/aromatic N) is 2. The summed E-state index contributed by atoms with van der Waals surface area (Å²) >= 11 is 5.36. The van der Waals surface area contributed by atoms with Crippen LogP contribution in [0.25, 0.3) is 11.6 Å². The molecule has 1 fully saturated rings. The average molecular weight is 460 g/mol. The Balaban J connectivity index is 1.80. The van der Waals surface area contributed by atoms with Crippen LogP contribution >= 0.6 is 12.2 Å². The number of rotatable bonds is 2. The SMILES string of the molecule is CC1=CC(C)(C)N(C)c2cc(C)c(/C=C3\C(=O)NC(=S)N(c4ccc(C)cc4C)C3=O)cc21. The first kappa shape index (κ1) is 22.9. The first-order valence-corrected chi connectivity index (χ1v) is 11.4. The zero-order valence-electron chi connectivity index (χ0n) is 20.2. The van der Waals surface area contributed by atoms with Gasteiger partial charge in [-0.15, -0.1) is 0 Å². The third-order valence-corrected chi connectivity index (χ3v) is 6.88. The van der Waals surface area contributed by atoms with Gasteiger partial charge in [0.2, 0.25) is 0 Å². The molecular formula is C27H29N3O2S. The van der Waals surface area contributed by atoms with E-state index in [2.05, 4.69) is 56.2 Å². The number of thiocarbonyl (C=S) groups is 1. The van der Waals surface area contributed by atoms with Crippen LogP contribution < -0.4 is 15.1 Å². The van der Waals surface area contributed by atoms with Gasteiger partial charge in [0.1, 0.15) is 5.57 Å². The Morgan fingerprint density at radius 2 is 1.67 bits per heavy atom. The molecule has 170 valence electrons. The van der Waals surface area contributed by atoms with E-state index in [4.69, 9.17) is 12.2 Å². The van der Waals surface area contributed by atoms with Crippen molar-refractivity contribution < 1.29 is 9.59 Å². The van der Waals surface area contributed by atoms with Gasteiger partial charge >= 0.3 is 0 Å². The Morgan fingerprint density at radius 3 is 2.33 bits per heavy atom. The lowest BCUT2D eigenvalue weighted by molar-refractivity contribution is -0.122. The van der Waals surface area contributed by atoms with Crippen LogP contribution in [0.4, 0.5) is 11.4 Å². The molecule has 0 saturated carbocycles. The van der Waals surface area contributed by atoms with E-state index in [1.165, 1.54) is 10.5 Å². The number of hydrogen-bond donors (Lipinski definition) is 1. The van der Waals surface area contributed by atoms with Gasteiger partial charge in [0.15, 0.2) is 5.11 Å². The zero-order chi connectivity index (χ0) is 24.2. The maximum Gasteiger partial charge on any atom is 0.270 e. The number of carbonyl (C=O) groups excluding carboxylic acids is 2. The van der Waals surface area contributed by atoms with Crippen LogP contribution in [-0.2, 0) is 9.59 Å². The highest BCUT2D eigenvalue weighted by atomic mass is 32.1. The number of allylic oxidation sites excluding steroid dienone is 1. The van der Waals surface area contributed by atoms with E-state index in [0.29, 0.717) is 5.69 Å². The molecule has 2 aromatic rings. The topological polar surface area (TPSA) is 52.7 Å². The molecular weight excluding hydrogens is 430 g/mol. The fourth-order valence-corrected chi connectivity index (χ4v) is 4.84. The molecule has 2 heterocycles. The standard InChI is InChI=1S/C27H29N3O2S/c1-15-8-9-22(17(3)10-15)30-25(32)21(24(31)28-26(30)33)13-19-12-20-18(4)14-27(5,6)29(7)23(20)11-16(19)2/h8-14H,1-7H3,(H,28,31,33)/b21-13+. The van der Waals surface area contributed by atoms with Crippen molar-refractivity contribution in [1.29, 1.82) is 0 Å². The van der Waals surface area contributed by atoms with Gasteiger partial charge in [-0.1, -0.05) is 23.8 Å². The Kier molecular flexibility index (Phi) is 5.53. The maximum atomic E-state index is 13.5. The largest absolute Gasteiger partial charge is 0.365 e. The summed E-state index contributed by atoms with van der Waals surface area (Å²) in [6, 6.07) is 9.96. The predicted octanol–water partition coefficient (Wildman–Crippen LogP) is 5.07. The van der Waals surface area contributed by atoms with Crippen molar-refractivity contribution in [3.8, 4) is 0 Å². The molecule has 0 radical (unpaired) electrons. The second kappa shape index (κ2) is 7.96. The summed E-state index contributed by atoms with van der Waals surface area (Å²) in [6.07, 6.45) is 3.92. The van der Waals surface area contributed by atoms with Gasteiger partial charge in [-0.3, -0.25) is 19.8 Å². The fraction of sp³-hybridized carbons (Fsp3) is 0.296. The third-order valence-electron chi connectivity index (χ3n) is 6.60. The van der Waals surface area contributed by atoms with E-state index in [9.17, 15) is 9.59 Å². The van der Waals surface area contributed by atoms with Gasteiger partial charge in [-0.2, -0.15) is 0 Å². The van der Waals surface area contributed by atoms with Gasteiger partial charge in [0.25, 0.3) is 11.8 Å². The zero-order valence-corrected chi connectivity index (χ0v) is 21.0. The molecule has 6 heteroatoms. The number of aryl methyl sites for hydroxylation is 3. The lowest BCUT2D eigenvalue weighted by Gasteiger charge is -2.41. The lowest BCUT2D eigenvalue weighted by atomic mass is 9.87. The molecule has 1 N–H and O–H groups in total. The number of benzene rings is 2. The van der Waals surface area contributed by atoms with E-state index in [0.717, 1.165) is 33.5 Å². The molecule has 2 aliphatic rings. The van der Waals surface area contributed by atoms with Gasteiger partial charge in [-0.25, -0.2) is 0 Å². The van der Waals surface area contributed by atoms with Crippen LogP contribution in [0.1, 0.15) is 48.6 Å². The Morgan fingerprint density at radius 1 is 0.970 bits per heavy atom. The number of amides is 2. The van der Waals surface area contributed by atoms with Crippen LogP contribution in [-0.4, -0.2) is 29.5 Å². The summed E-state index contributed by atoms with van der Waals surface area (Å²) in [5.41, 5.74) is 7.88. The molecule has 2 aliphatic heterocycles. The average Bonchev–Trinajstić information content (AvgIpc) is 2.71. The molecule has 1 saturated heterocycles. The fourth-order valence-electron chi connectivity index (χ4n) is 4.56. The quantitative estimate of drug-likeness (QED) is 0.387. The normalized spacial score (nSPS) is 18.9. The Hall–Kier alpha value is -3.25. The van der Waals surface area contributed by atoms with E-state index in [-0.39, 0.29) is 16.2 Å². The van der Waals surface area contributed by atoms with Crippen molar-refractivity contribution in [2.75, 3.05) is 16.8 Å². The summed E-state index contributed by atoms with van der Waals surface area (Å²) in [5.74, 6) is -0.896. The predicted molar refractivity (Wildman–Crippen MR) is 139 cm³/mol. The summed E-state index contributed by atoms with van der Waals surface area (Å²) in [4.78, 5) is 29.9. The van der Waals surface area contributed by atoms with E-state index >= 15 is 0 Å².